The molecule has 4 nitrogen and oxygen atoms in total. The van der Waals surface area contributed by atoms with Gasteiger partial charge in [0, 0.05) is 18.7 Å². The fourth-order valence-electron chi connectivity index (χ4n) is 2.44. The Morgan fingerprint density at radius 3 is 2.65 bits per heavy atom. The first kappa shape index (κ1) is 15.3. The highest BCUT2D eigenvalue weighted by atomic mass is 16.5. The van der Waals surface area contributed by atoms with E-state index in [4.69, 9.17) is 9.47 Å². The summed E-state index contributed by atoms with van der Waals surface area (Å²) in [6, 6.07) is 6.07. The maximum absolute atomic E-state index is 10.00. The van der Waals surface area contributed by atoms with Crippen molar-refractivity contribution < 1.29 is 14.6 Å². The first-order chi connectivity index (χ1) is 9.47. The minimum atomic E-state index is -0.520. The predicted octanol–water partition coefficient (Wildman–Crippen LogP) is 1.81. The summed E-state index contributed by atoms with van der Waals surface area (Å²) >= 11 is 0. The Morgan fingerprint density at radius 2 is 2.05 bits per heavy atom. The number of aliphatic hydroxyl groups excluding tert-OH is 1. The van der Waals surface area contributed by atoms with Gasteiger partial charge in [0.25, 0.3) is 0 Å². The van der Waals surface area contributed by atoms with Gasteiger partial charge in [-0.3, -0.25) is 0 Å². The third-order valence-electron chi connectivity index (χ3n) is 3.62. The zero-order valence-corrected chi connectivity index (χ0v) is 12.6. The second-order valence-electron chi connectivity index (χ2n) is 6.03. The molecule has 2 N–H and O–H groups in total. The van der Waals surface area contributed by atoms with Crippen LogP contribution in [0.4, 0.5) is 0 Å². The lowest BCUT2D eigenvalue weighted by atomic mass is 10.0. The Labute approximate surface area is 121 Å². The highest BCUT2D eigenvalue weighted by Gasteiger charge is 2.29. The zero-order valence-electron chi connectivity index (χ0n) is 12.6. The summed E-state index contributed by atoms with van der Waals surface area (Å²) in [4.78, 5) is 0. The number of ether oxygens (including phenoxy) is 2. The molecular weight excluding hydrogens is 254 g/mol. The summed E-state index contributed by atoms with van der Waals surface area (Å²) in [5.41, 5.74) is 2.33. The number of β-amino-alcohol motifs (C(OH)–C–C–N with tert-alkyl or cyclic N) is 1. The number of hydrogen-bond donors (Lipinski definition) is 2. The standard InChI is InChI=1S/C16H25NO3/c1-12-6-13(2)8-15(7-12)20-10-14(18)9-17-16(3)4-5-19-11-16/h6-8,14,17-18H,4-5,9-11H2,1-3H3. The van der Waals surface area contributed by atoms with Crippen LogP contribution in [0.2, 0.25) is 0 Å². The van der Waals surface area contributed by atoms with Gasteiger partial charge in [0.05, 0.1) is 6.61 Å². The van der Waals surface area contributed by atoms with Gasteiger partial charge < -0.3 is 19.9 Å². The van der Waals surface area contributed by atoms with Crippen molar-refractivity contribution in [3.05, 3.63) is 29.3 Å². The quantitative estimate of drug-likeness (QED) is 0.834. The number of nitrogens with one attached hydrogen (secondary N) is 1. The molecule has 2 unspecified atom stereocenters. The number of hydrogen-bond acceptors (Lipinski definition) is 4. The average Bonchev–Trinajstić information content (AvgIpc) is 2.80. The Hall–Kier alpha value is -1.10. The smallest absolute Gasteiger partial charge is 0.119 e. The van der Waals surface area contributed by atoms with Crippen molar-refractivity contribution in [2.24, 2.45) is 0 Å². The lowest BCUT2D eigenvalue weighted by Gasteiger charge is -2.25. The van der Waals surface area contributed by atoms with Crippen LogP contribution in [0.25, 0.3) is 0 Å². The van der Waals surface area contributed by atoms with E-state index in [9.17, 15) is 5.11 Å². The van der Waals surface area contributed by atoms with Gasteiger partial charge >= 0.3 is 0 Å². The molecule has 2 rings (SSSR count). The topological polar surface area (TPSA) is 50.7 Å². The monoisotopic (exact) mass is 279 g/mol. The maximum atomic E-state index is 10.00. The van der Waals surface area contributed by atoms with E-state index < -0.39 is 6.10 Å². The van der Waals surface area contributed by atoms with Gasteiger partial charge in [-0.2, -0.15) is 0 Å². The summed E-state index contributed by atoms with van der Waals surface area (Å²) in [5.74, 6) is 0.817. The molecule has 0 saturated carbocycles. The zero-order chi connectivity index (χ0) is 14.6. The number of benzene rings is 1. The molecule has 0 aliphatic carbocycles. The molecule has 0 spiro atoms. The Bertz CT molecular complexity index is 421. The maximum Gasteiger partial charge on any atom is 0.119 e. The van der Waals surface area contributed by atoms with E-state index in [1.807, 2.05) is 26.0 Å². The molecule has 1 fully saturated rings. The third kappa shape index (κ3) is 4.47. The Kier molecular flexibility index (Phi) is 5.02. The van der Waals surface area contributed by atoms with E-state index >= 15 is 0 Å². The van der Waals surface area contributed by atoms with Crippen molar-refractivity contribution in [1.82, 2.24) is 5.32 Å². The van der Waals surface area contributed by atoms with Crippen LogP contribution < -0.4 is 10.1 Å². The highest BCUT2D eigenvalue weighted by Crippen LogP contribution is 2.18. The Balaban J connectivity index is 1.75. The molecule has 0 bridgehead atoms. The van der Waals surface area contributed by atoms with E-state index in [2.05, 4.69) is 18.3 Å². The minimum Gasteiger partial charge on any atom is -0.491 e. The van der Waals surface area contributed by atoms with Crippen molar-refractivity contribution in [2.45, 2.75) is 38.8 Å². The first-order valence-corrected chi connectivity index (χ1v) is 7.19. The van der Waals surface area contributed by atoms with Crippen LogP contribution in [-0.4, -0.2) is 43.1 Å². The second kappa shape index (κ2) is 6.57. The average molecular weight is 279 g/mol. The van der Waals surface area contributed by atoms with Crippen molar-refractivity contribution in [3.8, 4) is 5.75 Å². The van der Waals surface area contributed by atoms with Gasteiger partial charge in [0.1, 0.15) is 18.5 Å². The third-order valence-corrected chi connectivity index (χ3v) is 3.62. The van der Waals surface area contributed by atoms with Gasteiger partial charge in [-0.1, -0.05) is 6.07 Å². The molecule has 112 valence electrons. The fourth-order valence-corrected chi connectivity index (χ4v) is 2.44. The highest BCUT2D eigenvalue weighted by molar-refractivity contribution is 5.32. The molecule has 1 aliphatic rings. The van der Waals surface area contributed by atoms with Crippen LogP contribution in [0, 0.1) is 13.8 Å². The van der Waals surface area contributed by atoms with Gasteiger partial charge in [0.2, 0.25) is 0 Å². The summed E-state index contributed by atoms with van der Waals surface area (Å²) < 4.78 is 11.0. The van der Waals surface area contributed by atoms with Gasteiger partial charge in [-0.25, -0.2) is 0 Å². The summed E-state index contributed by atoms with van der Waals surface area (Å²) in [5, 5.41) is 13.4. The van der Waals surface area contributed by atoms with Gasteiger partial charge in [-0.15, -0.1) is 0 Å². The molecule has 20 heavy (non-hydrogen) atoms. The molecule has 1 saturated heterocycles. The molecule has 4 heteroatoms. The summed E-state index contributed by atoms with van der Waals surface area (Å²) in [6.45, 7) is 8.52. The van der Waals surface area contributed by atoms with Crippen molar-refractivity contribution in [2.75, 3.05) is 26.4 Å². The number of rotatable bonds is 6. The fraction of sp³-hybridized carbons (Fsp3) is 0.625. The minimum absolute atomic E-state index is 0.0130. The van der Waals surface area contributed by atoms with E-state index in [1.165, 1.54) is 11.1 Å². The largest absolute Gasteiger partial charge is 0.491 e. The molecule has 2 atom stereocenters. The second-order valence-corrected chi connectivity index (χ2v) is 6.03. The van der Waals surface area contributed by atoms with Crippen LogP contribution in [0.15, 0.2) is 18.2 Å². The van der Waals surface area contributed by atoms with Crippen LogP contribution in [-0.2, 0) is 4.74 Å². The molecular formula is C16H25NO3. The van der Waals surface area contributed by atoms with Crippen LogP contribution >= 0.6 is 0 Å². The lowest BCUT2D eigenvalue weighted by molar-refractivity contribution is 0.0944. The van der Waals surface area contributed by atoms with Crippen molar-refractivity contribution in [3.63, 3.8) is 0 Å². The SMILES string of the molecule is Cc1cc(C)cc(OCC(O)CNC2(C)CCOC2)c1. The van der Waals surface area contributed by atoms with Gasteiger partial charge in [-0.05, 0) is 50.5 Å². The van der Waals surface area contributed by atoms with E-state index in [0.29, 0.717) is 19.8 Å². The Morgan fingerprint density at radius 1 is 1.35 bits per heavy atom. The van der Waals surface area contributed by atoms with E-state index in [0.717, 1.165) is 18.8 Å². The number of aryl methyl sites for hydroxylation is 2. The molecule has 0 radical (unpaired) electrons. The summed E-state index contributed by atoms with van der Waals surface area (Å²) in [7, 11) is 0. The molecule has 0 aromatic heterocycles. The molecule has 0 amide bonds. The molecule has 1 aromatic carbocycles. The van der Waals surface area contributed by atoms with Crippen molar-refractivity contribution in [1.29, 1.82) is 0 Å². The molecule has 1 heterocycles. The van der Waals surface area contributed by atoms with Crippen molar-refractivity contribution >= 4 is 0 Å². The van der Waals surface area contributed by atoms with Crippen LogP contribution in [0.1, 0.15) is 24.5 Å². The van der Waals surface area contributed by atoms with Crippen LogP contribution in [0.5, 0.6) is 5.75 Å². The van der Waals surface area contributed by atoms with Crippen LogP contribution in [0.3, 0.4) is 0 Å². The lowest BCUT2D eigenvalue weighted by Crippen LogP contribution is -2.47. The molecule has 1 aromatic rings. The normalized spacial score (nSPS) is 23.8. The number of aliphatic hydroxyl groups is 1. The van der Waals surface area contributed by atoms with Gasteiger partial charge in [0.15, 0.2) is 0 Å². The first-order valence-electron chi connectivity index (χ1n) is 7.19. The predicted molar refractivity (Wildman–Crippen MR) is 79.3 cm³/mol. The molecule has 1 aliphatic heterocycles. The van der Waals surface area contributed by atoms with E-state index in [-0.39, 0.29) is 5.54 Å². The summed E-state index contributed by atoms with van der Waals surface area (Å²) in [6.07, 6.45) is 0.464. The van der Waals surface area contributed by atoms with E-state index in [1.54, 1.807) is 0 Å².